The maximum Gasteiger partial charge on any atom is 0.157 e. The third kappa shape index (κ3) is 6.36. The number of rotatable bonds is 1. The van der Waals surface area contributed by atoms with E-state index in [1.807, 2.05) is 48.5 Å². The molecule has 0 aliphatic rings. The van der Waals surface area contributed by atoms with Gasteiger partial charge in [0.05, 0.1) is 0 Å². The summed E-state index contributed by atoms with van der Waals surface area (Å²) in [7, 11) is 0. The average Bonchev–Trinajstić information content (AvgIpc) is 2.59. The van der Waals surface area contributed by atoms with Crippen LogP contribution < -0.4 is 0 Å². The van der Waals surface area contributed by atoms with Crippen molar-refractivity contribution in [1.82, 2.24) is 4.98 Å². The first-order valence-electron chi connectivity index (χ1n) is 7.78. The van der Waals surface area contributed by atoms with Crippen LogP contribution in [0.3, 0.4) is 0 Å². The molecule has 0 aliphatic heterocycles. The summed E-state index contributed by atoms with van der Waals surface area (Å²) in [5.74, 6) is -0.120. The Morgan fingerprint density at radius 2 is 1.60 bits per heavy atom. The van der Waals surface area contributed by atoms with Crippen LogP contribution in [0.2, 0.25) is 0 Å². The molecule has 0 unspecified atom stereocenters. The SMILES string of the molecule is CC(C)(C)c1ccc(O)c(O)c1.[Pt].[c-]1ccccc1-c1ccccn1. The Balaban J connectivity index is 0.000000240. The van der Waals surface area contributed by atoms with E-state index in [9.17, 15) is 5.11 Å². The van der Waals surface area contributed by atoms with E-state index in [0.717, 1.165) is 16.8 Å². The van der Waals surface area contributed by atoms with Gasteiger partial charge in [0.1, 0.15) is 0 Å². The second-order valence-electron chi connectivity index (χ2n) is 6.44. The Labute approximate surface area is 163 Å². The fourth-order valence-electron chi connectivity index (χ4n) is 2.06. The summed E-state index contributed by atoms with van der Waals surface area (Å²) >= 11 is 0. The Bertz CT molecular complexity index is 731. The minimum Gasteiger partial charge on any atom is -0.504 e. The summed E-state index contributed by atoms with van der Waals surface area (Å²) < 4.78 is 0. The Kier molecular flexibility index (Phi) is 7.85. The van der Waals surface area contributed by atoms with Gasteiger partial charge < -0.3 is 15.2 Å². The number of phenolic OH excluding ortho intramolecular Hbond substituents is 2. The zero-order valence-corrected chi connectivity index (χ0v) is 16.8. The molecule has 0 fully saturated rings. The normalized spacial score (nSPS) is 10.2. The van der Waals surface area contributed by atoms with E-state index in [1.54, 1.807) is 12.3 Å². The minimum absolute atomic E-state index is 0. The van der Waals surface area contributed by atoms with E-state index in [2.05, 4.69) is 31.8 Å². The van der Waals surface area contributed by atoms with Gasteiger partial charge in [-0.2, -0.15) is 0 Å². The van der Waals surface area contributed by atoms with E-state index >= 15 is 0 Å². The number of benzene rings is 2. The van der Waals surface area contributed by atoms with Gasteiger partial charge in [0.25, 0.3) is 0 Å². The molecule has 0 saturated carbocycles. The average molecular weight is 515 g/mol. The number of aromatic hydroxyl groups is 2. The van der Waals surface area contributed by atoms with Crippen LogP contribution in [0.5, 0.6) is 11.5 Å². The van der Waals surface area contributed by atoms with Crippen molar-refractivity contribution in [2.24, 2.45) is 0 Å². The molecule has 1 heterocycles. The van der Waals surface area contributed by atoms with Crippen molar-refractivity contribution in [2.45, 2.75) is 26.2 Å². The van der Waals surface area contributed by atoms with Gasteiger partial charge in [-0.05, 0) is 34.9 Å². The molecule has 25 heavy (non-hydrogen) atoms. The van der Waals surface area contributed by atoms with Crippen LogP contribution in [0.1, 0.15) is 26.3 Å². The van der Waals surface area contributed by atoms with Crippen molar-refractivity contribution < 1.29 is 31.3 Å². The molecule has 3 nitrogen and oxygen atoms in total. The Morgan fingerprint density at radius 1 is 0.880 bits per heavy atom. The third-order valence-electron chi connectivity index (χ3n) is 3.49. The van der Waals surface area contributed by atoms with Gasteiger partial charge in [-0.25, -0.2) is 0 Å². The van der Waals surface area contributed by atoms with Crippen LogP contribution in [-0.4, -0.2) is 15.2 Å². The molecule has 1 aromatic heterocycles. The van der Waals surface area contributed by atoms with E-state index in [1.165, 1.54) is 6.07 Å². The molecular formula is C21H22NO2Pt-. The van der Waals surface area contributed by atoms with Crippen LogP contribution in [-0.2, 0) is 26.5 Å². The summed E-state index contributed by atoms with van der Waals surface area (Å²) in [6.07, 6.45) is 1.79. The molecule has 2 aromatic carbocycles. The van der Waals surface area contributed by atoms with Crippen LogP contribution in [0, 0.1) is 6.07 Å². The first-order valence-corrected chi connectivity index (χ1v) is 7.78. The fourth-order valence-corrected chi connectivity index (χ4v) is 2.06. The quantitative estimate of drug-likeness (QED) is 0.357. The van der Waals surface area contributed by atoms with Gasteiger partial charge in [-0.15, -0.1) is 35.9 Å². The standard InChI is InChI=1S/C11H8N.C10H14O2.Pt/c1-2-6-10(7-3-1)11-8-4-5-9-12-11;1-10(2,3)7-4-5-8(11)9(12)6-7;/h1-6,8-9H;4-6,11-12H,1-3H3;/q-1;;. The molecule has 0 aliphatic carbocycles. The van der Waals surface area contributed by atoms with E-state index < -0.39 is 0 Å². The minimum atomic E-state index is -0.0667. The molecule has 0 amide bonds. The summed E-state index contributed by atoms with van der Waals surface area (Å²) in [4.78, 5) is 4.22. The maximum atomic E-state index is 9.21. The summed E-state index contributed by atoms with van der Waals surface area (Å²) in [5.41, 5.74) is 3.03. The van der Waals surface area contributed by atoms with Gasteiger partial charge in [-0.1, -0.05) is 39.0 Å². The predicted molar refractivity (Wildman–Crippen MR) is 97.0 cm³/mol. The van der Waals surface area contributed by atoms with Crippen molar-refractivity contribution >= 4 is 0 Å². The largest absolute Gasteiger partial charge is 0.504 e. The van der Waals surface area contributed by atoms with Crippen molar-refractivity contribution in [1.29, 1.82) is 0 Å². The molecule has 0 bridgehead atoms. The molecule has 0 radical (unpaired) electrons. The third-order valence-corrected chi connectivity index (χ3v) is 3.49. The van der Waals surface area contributed by atoms with Gasteiger partial charge in [0.2, 0.25) is 0 Å². The first kappa shape index (κ1) is 20.9. The second kappa shape index (κ2) is 9.38. The number of hydrogen-bond acceptors (Lipinski definition) is 3. The van der Waals surface area contributed by atoms with Gasteiger partial charge >= 0.3 is 0 Å². The number of pyridine rings is 1. The smallest absolute Gasteiger partial charge is 0.157 e. The van der Waals surface area contributed by atoms with Crippen LogP contribution >= 0.6 is 0 Å². The van der Waals surface area contributed by atoms with Crippen molar-refractivity contribution in [3.8, 4) is 22.8 Å². The molecule has 0 spiro atoms. The van der Waals surface area contributed by atoms with Crippen LogP contribution in [0.4, 0.5) is 0 Å². The van der Waals surface area contributed by atoms with Gasteiger partial charge in [-0.3, -0.25) is 0 Å². The van der Waals surface area contributed by atoms with E-state index in [4.69, 9.17) is 5.11 Å². The van der Waals surface area contributed by atoms with E-state index in [-0.39, 0.29) is 38.0 Å². The zero-order chi connectivity index (χ0) is 17.6. The van der Waals surface area contributed by atoms with Crippen LogP contribution in [0.15, 0.2) is 66.9 Å². The summed E-state index contributed by atoms with van der Waals surface area (Å²) in [5, 5.41) is 18.3. The molecule has 134 valence electrons. The molecule has 0 saturated heterocycles. The van der Waals surface area contributed by atoms with Crippen molar-refractivity contribution in [3.63, 3.8) is 0 Å². The van der Waals surface area contributed by atoms with Crippen molar-refractivity contribution in [2.75, 3.05) is 0 Å². The predicted octanol–water partition coefficient (Wildman–Crippen LogP) is 4.94. The second-order valence-corrected chi connectivity index (χ2v) is 6.44. The number of phenols is 2. The monoisotopic (exact) mass is 515 g/mol. The number of hydrogen-bond donors (Lipinski definition) is 2. The summed E-state index contributed by atoms with van der Waals surface area (Å²) in [6.45, 7) is 6.16. The zero-order valence-electron chi connectivity index (χ0n) is 14.5. The molecule has 4 heteroatoms. The van der Waals surface area contributed by atoms with Crippen molar-refractivity contribution in [3.05, 3.63) is 78.5 Å². The number of aromatic nitrogens is 1. The van der Waals surface area contributed by atoms with Gasteiger partial charge in [0, 0.05) is 27.3 Å². The molecular weight excluding hydrogens is 493 g/mol. The molecule has 0 atom stereocenters. The number of nitrogens with zero attached hydrogens (tertiary/aromatic N) is 1. The topological polar surface area (TPSA) is 53.4 Å². The Morgan fingerprint density at radius 3 is 2.12 bits per heavy atom. The molecule has 3 aromatic rings. The summed E-state index contributed by atoms with van der Waals surface area (Å²) in [6, 6.07) is 21.7. The van der Waals surface area contributed by atoms with E-state index in [0.29, 0.717) is 0 Å². The van der Waals surface area contributed by atoms with Crippen LogP contribution in [0.25, 0.3) is 11.3 Å². The maximum absolute atomic E-state index is 9.21. The fraction of sp³-hybridized carbons (Fsp3) is 0.190. The molecule has 3 rings (SSSR count). The van der Waals surface area contributed by atoms with Gasteiger partial charge in [0.15, 0.2) is 11.5 Å². The first-order chi connectivity index (χ1) is 11.4. The Hall–Kier alpha value is -2.12. The molecule has 2 N–H and O–H groups in total.